The number of allylic oxidation sites excluding steroid dienone is 2. The molecule has 2 rings (SSSR count). The topological polar surface area (TPSA) is 42.0 Å². The molecule has 0 saturated carbocycles. The van der Waals surface area contributed by atoms with Crippen LogP contribution < -0.4 is 5.32 Å². The Morgan fingerprint density at radius 1 is 1.56 bits per heavy atom. The molecule has 0 saturated heterocycles. The molecule has 1 N–H and O–H groups in total. The van der Waals surface area contributed by atoms with Crippen LogP contribution in [0.25, 0.3) is 0 Å². The first-order valence-corrected chi connectivity index (χ1v) is 5.71. The largest absolute Gasteiger partial charge is 0.311 e. The molecule has 1 aliphatic carbocycles. The van der Waals surface area contributed by atoms with Gasteiger partial charge in [-0.15, -0.1) is 0 Å². The molecule has 1 aromatic heterocycles. The van der Waals surface area contributed by atoms with Gasteiger partial charge >= 0.3 is 0 Å². The van der Waals surface area contributed by atoms with Gasteiger partial charge in [0.2, 0.25) is 5.91 Å². The maximum absolute atomic E-state index is 11.7. The summed E-state index contributed by atoms with van der Waals surface area (Å²) >= 11 is 5.73. The van der Waals surface area contributed by atoms with Crippen LogP contribution in [0.5, 0.6) is 0 Å². The van der Waals surface area contributed by atoms with Crippen LogP contribution in [0.15, 0.2) is 30.4 Å². The Balaban J connectivity index is 1.89. The van der Waals surface area contributed by atoms with E-state index in [2.05, 4.69) is 22.5 Å². The first-order valence-electron chi connectivity index (χ1n) is 5.33. The summed E-state index contributed by atoms with van der Waals surface area (Å²) in [6.45, 7) is 0. The fourth-order valence-electron chi connectivity index (χ4n) is 1.78. The van der Waals surface area contributed by atoms with Gasteiger partial charge in [-0.05, 0) is 30.9 Å². The second-order valence-electron chi connectivity index (χ2n) is 3.86. The number of hydrogen-bond acceptors (Lipinski definition) is 2. The van der Waals surface area contributed by atoms with E-state index in [1.165, 1.54) is 0 Å². The molecule has 3 nitrogen and oxygen atoms in total. The van der Waals surface area contributed by atoms with Gasteiger partial charge in [0.1, 0.15) is 11.0 Å². The molecule has 1 unspecified atom stereocenters. The number of nitrogens with zero attached hydrogens (tertiary/aromatic N) is 1. The number of carbonyl (C=O) groups excluding carboxylic acids is 1. The molecule has 1 aromatic rings. The number of aromatic nitrogens is 1. The summed E-state index contributed by atoms with van der Waals surface area (Å²) in [5.74, 6) is 0.880. The number of amides is 1. The Bertz CT molecular complexity index is 417. The van der Waals surface area contributed by atoms with Crippen LogP contribution in [-0.2, 0) is 4.79 Å². The van der Waals surface area contributed by atoms with Crippen molar-refractivity contribution in [3.05, 3.63) is 35.5 Å². The van der Waals surface area contributed by atoms with Crippen molar-refractivity contribution in [2.24, 2.45) is 5.92 Å². The fourth-order valence-corrected chi connectivity index (χ4v) is 1.94. The minimum Gasteiger partial charge on any atom is -0.311 e. The standard InChI is InChI=1S/C12H13ClN2O/c13-10-6-3-7-11(14-10)15-12(16)8-9-4-1-2-5-9/h1,3-4,6-7,9H,2,5,8H2,(H,14,15,16). The average Bonchev–Trinajstić information content (AvgIpc) is 2.70. The summed E-state index contributed by atoms with van der Waals surface area (Å²) in [7, 11) is 0. The Morgan fingerprint density at radius 3 is 3.12 bits per heavy atom. The van der Waals surface area contributed by atoms with Gasteiger partial charge in [-0.25, -0.2) is 4.98 Å². The summed E-state index contributed by atoms with van der Waals surface area (Å²) < 4.78 is 0. The third-order valence-corrected chi connectivity index (χ3v) is 2.75. The molecule has 1 aliphatic rings. The Kier molecular flexibility index (Phi) is 3.57. The fraction of sp³-hybridized carbons (Fsp3) is 0.333. The first-order chi connectivity index (χ1) is 7.74. The quantitative estimate of drug-likeness (QED) is 0.648. The maximum Gasteiger partial charge on any atom is 0.226 e. The van der Waals surface area contributed by atoms with Crippen molar-refractivity contribution in [1.29, 1.82) is 0 Å². The van der Waals surface area contributed by atoms with Crippen molar-refractivity contribution in [2.75, 3.05) is 5.32 Å². The number of pyridine rings is 1. The van der Waals surface area contributed by atoms with Crippen molar-refractivity contribution in [2.45, 2.75) is 19.3 Å². The minimum atomic E-state index is -0.00804. The third-order valence-electron chi connectivity index (χ3n) is 2.54. The van der Waals surface area contributed by atoms with E-state index in [9.17, 15) is 4.79 Å². The summed E-state index contributed by atoms with van der Waals surface area (Å²) in [5, 5.41) is 3.13. The van der Waals surface area contributed by atoms with Gasteiger partial charge in [-0.1, -0.05) is 29.8 Å². The highest BCUT2D eigenvalue weighted by Crippen LogP contribution is 2.20. The van der Waals surface area contributed by atoms with Crippen molar-refractivity contribution >= 4 is 23.3 Å². The van der Waals surface area contributed by atoms with E-state index >= 15 is 0 Å². The molecule has 0 spiro atoms. The van der Waals surface area contributed by atoms with Crippen LogP contribution in [0.2, 0.25) is 5.15 Å². The van der Waals surface area contributed by atoms with Crippen LogP contribution in [-0.4, -0.2) is 10.9 Å². The highest BCUT2D eigenvalue weighted by atomic mass is 35.5. The second-order valence-corrected chi connectivity index (χ2v) is 4.25. The zero-order valence-electron chi connectivity index (χ0n) is 8.82. The zero-order valence-corrected chi connectivity index (χ0v) is 9.57. The van der Waals surface area contributed by atoms with Gasteiger partial charge in [0, 0.05) is 6.42 Å². The lowest BCUT2D eigenvalue weighted by Gasteiger charge is -2.07. The minimum absolute atomic E-state index is 0.00804. The third kappa shape index (κ3) is 3.07. The Labute approximate surface area is 99.5 Å². The average molecular weight is 237 g/mol. The molecule has 4 heteroatoms. The van der Waals surface area contributed by atoms with E-state index in [4.69, 9.17) is 11.6 Å². The molecule has 1 atom stereocenters. The van der Waals surface area contributed by atoms with Crippen LogP contribution in [0.3, 0.4) is 0 Å². The van der Waals surface area contributed by atoms with E-state index in [0.717, 1.165) is 12.8 Å². The molecule has 84 valence electrons. The monoisotopic (exact) mass is 236 g/mol. The SMILES string of the molecule is O=C(CC1C=CCC1)Nc1cccc(Cl)n1. The highest BCUT2D eigenvalue weighted by Gasteiger charge is 2.14. The lowest BCUT2D eigenvalue weighted by Crippen LogP contribution is -2.15. The molecule has 1 heterocycles. The van der Waals surface area contributed by atoms with Crippen LogP contribution in [0, 0.1) is 5.92 Å². The Hall–Kier alpha value is -1.35. The van der Waals surface area contributed by atoms with Crippen molar-refractivity contribution in [3.8, 4) is 0 Å². The van der Waals surface area contributed by atoms with Gasteiger partial charge in [-0.2, -0.15) is 0 Å². The molecule has 0 aromatic carbocycles. The molecule has 16 heavy (non-hydrogen) atoms. The van der Waals surface area contributed by atoms with E-state index in [1.54, 1.807) is 18.2 Å². The number of rotatable bonds is 3. The number of anilines is 1. The smallest absolute Gasteiger partial charge is 0.226 e. The predicted molar refractivity (Wildman–Crippen MR) is 64.4 cm³/mol. The summed E-state index contributed by atoms with van der Waals surface area (Å²) in [4.78, 5) is 15.7. The van der Waals surface area contributed by atoms with E-state index in [-0.39, 0.29) is 5.91 Å². The predicted octanol–water partition coefficient (Wildman–Crippen LogP) is 3.03. The van der Waals surface area contributed by atoms with Crippen LogP contribution >= 0.6 is 11.6 Å². The molecular formula is C12H13ClN2O. The molecule has 0 fully saturated rings. The summed E-state index contributed by atoms with van der Waals surface area (Å²) in [6, 6.07) is 5.17. The molecule has 0 aliphatic heterocycles. The zero-order chi connectivity index (χ0) is 11.4. The number of carbonyl (C=O) groups is 1. The van der Waals surface area contributed by atoms with Crippen molar-refractivity contribution in [1.82, 2.24) is 4.98 Å². The van der Waals surface area contributed by atoms with Gasteiger partial charge in [0.25, 0.3) is 0 Å². The van der Waals surface area contributed by atoms with Crippen molar-refractivity contribution in [3.63, 3.8) is 0 Å². The molecule has 0 bridgehead atoms. The Morgan fingerprint density at radius 2 is 2.44 bits per heavy atom. The summed E-state index contributed by atoms with van der Waals surface area (Å²) in [5.41, 5.74) is 0. The van der Waals surface area contributed by atoms with Crippen molar-refractivity contribution < 1.29 is 4.79 Å². The van der Waals surface area contributed by atoms with Gasteiger partial charge in [0.05, 0.1) is 0 Å². The van der Waals surface area contributed by atoms with Crippen LogP contribution in [0.4, 0.5) is 5.82 Å². The number of nitrogens with one attached hydrogen (secondary N) is 1. The van der Waals surface area contributed by atoms with Crippen LogP contribution in [0.1, 0.15) is 19.3 Å². The number of hydrogen-bond donors (Lipinski definition) is 1. The van der Waals surface area contributed by atoms with E-state index in [1.807, 2.05) is 0 Å². The highest BCUT2D eigenvalue weighted by molar-refractivity contribution is 6.29. The molecule has 1 amide bonds. The van der Waals surface area contributed by atoms with Gasteiger partial charge < -0.3 is 5.32 Å². The van der Waals surface area contributed by atoms with E-state index in [0.29, 0.717) is 23.3 Å². The van der Waals surface area contributed by atoms with Gasteiger partial charge in [-0.3, -0.25) is 4.79 Å². The number of halogens is 1. The lowest BCUT2D eigenvalue weighted by molar-refractivity contribution is -0.116. The summed E-state index contributed by atoms with van der Waals surface area (Å²) in [6.07, 6.45) is 6.88. The maximum atomic E-state index is 11.7. The van der Waals surface area contributed by atoms with Gasteiger partial charge in [0.15, 0.2) is 0 Å². The normalized spacial score (nSPS) is 18.7. The van der Waals surface area contributed by atoms with E-state index < -0.39 is 0 Å². The lowest BCUT2D eigenvalue weighted by atomic mass is 10.1. The molecular weight excluding hydrogens is 224 g/mol. The second kappa shape index (κ2) is 5.12. The first kappa shape index (κ1) is 11.1. The molecule has 0 radical (unpaired) electrons.